The van der Waals surface area contributed by atoms with E-state index in [4.69, 9.17) is 0 Å². The molecule has 0 saturated carbocycles. The molecule has 3 rings (SSSR count). The van der Waals surface area contributed by atoms with Crippen LogP contribution in [0.5, 0.6) is 0 Å². The maximum Gasteiger partial charge on any atom is 0.193 e. The number of hydrogen-bond donors (Lipinski definition) is 0. The minimum Gasteiger partial charge on any atom is -0.289 e. The Labute approximate surface area is 120 Å². The monoisotopic (exact) mass is 348 g/mol. The maximum atomic E-state index is 12.6. The number of benzene rings is 2. The molecule has 90 valence electrons. The molecule has 1 atom stereocenters. The molecule has 1 aliphatic carbocycles. The highest BCUT2D eigenvalue weighted by Crippen LogP contribution is 2.35. The van der Waals surface area contributed by atoms with Crippen LogP contribution in [0.1, 0.15) is 37.4 Å². The SMILES string of the molecule is O=C1c2ccccc2CCC(I)c2ccccc21. The average Bonchev–Trinajstić information content (AvgIpc) is 2.43. The Hall–Kier alpha value is -1.16. The summed E-state index contributed by atoms with van der Waals surface area (Å²) < 4.78 is 0.413. The quantitative estimate of drug-likeness (QED) is 0.511. The number of carbonyl (C=O) groups excluding carboxylic acids is 1. The van der Waals surface area contributed by atoms with E-state index < -0.39 is 0 Å². The number of fused-ring (bicyclic) bond motifs is 2. The molecular formula is C16H13IO. The fourth-order valence-electron chi connectivity index (χ4n) is 2.52. The van der Waals surface area contributed by atoms with Gasteiger partial charge in [0.15, 0.2) is 5.78 Å². The first-order chi connectivity index (χ1) is 8.77. The zero-order valence-electron chi connectivity index (χ0n) is 9.90. The Morgan fingerprint density at radius 3 is 2.44 bits per heavy atom. The van der Waals surface area contributed by atoms with Gasteiger partial charge in [0.05, 0.1) is 0 Å². The van der Waals surface area contributed by atoms with Gasteiger partial charge in [-0.05, 0) is 24.0 Å². The van der Waals surface area contributed by atoms with E-state index in [0.29, 0.717) is 3.92 Å². The molecule has 0 spiro atoms. The van der Waals surface area contributed by atoms with Gasteiger partial charge in [-0.3, -0.25) is 4.79 Å². The lowest BCUT2D eigenvalue weighted by Gasteiger charge is -2.19. The number of aryl methyl sites for hydroxylation is 1. The average molecular weight is 348 g/mol. The van der Waals surface area contributed by atoms with Crippen LogP contribution >= 0.6 is 22.6 Å². The fraction of sp³-hybridized carbons (Fsp3) is 0.188. The highest BCUT2D eigenvalue weighted by molar-refractivity contribution is 14.1. The molecular weight excluding hydrogens is 335 g/mol. The van der Waals surface area contributed by atoms with Crippen molar-refractivity contribution in [2.24, 2.45) is 0 Å². The normalized spacial score (nSPS) is 18.5. The van der Waals surface area contributed by atoms with Gasteiger partial charge in [-0.25, -0.2) is 0 Å². The molecule has 18 heavy (non-hydrogen) atoms. The van der Waals surface area contributed by atoms with Crippen molar-refractivity contribution < 1.29 is 4.79 Å². The largest absolute Gasteiger partial charge is 0.289 e. The van der Waals surface area contributed by atoms with Crippen molar-refractivity contribution in [2.45, 2.75) is 16.8 Å². The van der Waals surface area contributed by atoms with Crippen LogP contribution in [0.4, 0.5) is 0 Å². The molecule has 0 radical (unpaired) electrons. The summed E-state index contributed by atoms with van der Waals surface area (Å²) in [4.78, 5) is 12.6. The van der Waals surface area contributed by atoms with E-state index in [1.54, 1.807) is 0 Å². The van der Waals surface area contributed by atoms with E-state index in [0.717, 1.165) is 24.0 Å². The van der Waals surface area contributed by atoms with Crippen LogP contribution in [0.3, 0.4) is 0 Å². The van der Waals surface area contributed by atoms with Gasteiger partial charge >= 0.3 is 0 Å². The van der Waals surface area contributed by atoms with Crippen LogP contribution < -0.4 is 0 Å². The Balaban J connectivity index is 2.21. The molecule has 0 bridgehead atoms. The lowest BCUT2D eigenvalue weighted by Crippen LogP contribution is -2.13. The van der Waals surface area contributed by atoms with Crippen molar-refractivity contribution in [3.8, 4) is 0 Å². The van der Waals surface area contributed by atoms with Crippen LogP contribution in [0.25, 0.3) is 0 Å². The minimum atomic E-state index is 0.169. The molecule has 0 aliphatic heterocycles. The zero-order valence-corrected chi connectivity index (χ0v) is 12.1. The second-order valence-electron chi connectivity index (χ2n) is 4.58. The van der Waals surface area contributed by atoms with Crippen LogP contribution in [-0.2, 0) is 6.42 Å². The van der Waals surface area contributed by atoms with Gasteiger partial charge in [0.1, 0.15) is 0 Å². The molecule has 2 aromatic rings. The fourth-order valence-corrected chi connectivity index (χ4v) is 3.37. The third-order valence-corrected chi connectivity index (χ3v) is 4.77. The number of rotatable bonds is 0. The molecule has 0 saturated heterocycles. The Morgan fingerprint density at radius 2 is 1.61 bits per heavy atom. The third-order valence-electron chi connectivity index (χ3n) is 3.47. The third kappa shape index (κ3) is 1.99. The van der Waals surface area contributed by atoms with Crippen molar-refractivity contribution in [1.29, 1.82) is 0 Å². The summed E-state index contributed by atoms with van der Waals surface area (Å²) in [5.74, 6) is 0.169. The summed E-state index contributed by atoms with van der Waals surface area (Å²) in [6.45, 7) is 0. The van der Waals surface area contributed by atoms with Crippen LogP contribution in [0.2, 0.25) is 0 Å². The maximum absolute atomic E-state index is 12.6. The summed E-state index contributed by atoms with van der Waals surface area (Å²) in [6, 6.07) is 16.0. The van der Waals surface area contributed by atoms with Gasteiger partial charge in [0, 0.05) is 15.1 Å². The summed E-state index contributed by atoms with van der Waals surface area (Å²) in [5.41, 5.74) is 4.09. The predicted octanol–water partition coefficient (Wildman–Crippen LogP) is 4.34. The highest BCUT2D eigenvalue weighted by atomic mass is 127. The van der Waals surface area contributed by atoms with E-state index in [1.165, 1.54) is 11.1 Å². The number of ketones is 1. The van der Waals surface area contributed by atoms with E-state index in [1.807, 2.05) is 36.4 Å². The standard InChI is InChI=1S/C16H13IO/c17-15-10-9-11-5-1-2-6-12(11)16(18)14-8-4-3-7-13(14)15/h1-8,15H,9-10H2. The van der Waals surface area contributed by atoms with Gasteiger partial charge in [-0.1, -0.05) is 71.1 Å². The second kappa shape index (κ2) is 4.84. The first-order valence-electron chi connectivity index (χ1n) is 6.13. The van der Waals surface area contributed by atoms with Gasteiger partial charge in [0.2, 0.25) is 0 Å². The van der Waals surface area contributed by atoms with Crippen LogP contribution in [0.15, 0.2) is 48.5 Å². The first kappa shape index (κ1) is 11.9. The lowest BCUT2D eigenvalue weighted by atomic mass is 9.88. The molecule has 0 amide bonds. The molecule has 1 nitrogen and oxygen atoms in total. The van der Waals surface area contributed by atoms with Crippen molar-refractivity contribution in [1.82, 2.24) is 0 Å². The molecule has 0 heterocycles. The summed E-state index contributed by atoms with van der Waals surface area (Å²) in [5, 5.41) is 0. The molecule has 1 unspecified atom stereocenters. The topological polar surface area (TPSA) is 17.1 Å². The molecule has 0 aromatic heterocycles. The van der Waals surface area contributed by atoms with Gasteiger partial charge in [-0.2, -0.15) is 0 Å². The predicted molar refractivity (Wildman–Crippen MR) is 81.4 cm³/mol. The van der Waals surface area contributed by atoms with Gasteiger partial charge < -0.3 is 0 Å². The number of alkyl halides is 1. The Morgan fingerprint density at radius 1 is 0.944 bits per heavy atom. The smallest absolute Gasteiger partial charge is 0.193 e. The summed E-state index contributed by atoms with van der Waals surface area (Å²) >= 11 is 2.45. The minimum absolute atomic E-state index is 0.169. The number of carbonyl (C=O) groups is 1. The zero-order chi connectivity index (χ0) is 12.5. The number of hydrogen-bond acceptors (Lipinski definition) is 1. The van der Waals surface area contributed by atoms with Crippen molar-refractivity contribution in [2.75, 3.05) is 0 Å². The molecule has 2 aromatic carbocycles. The lowest BCUT2D eigenvalue weighted by molar-refractivity contribution is 0.103. The first-order valence-corrected chi connectivity index (χ1v) is 7.37. The van der Waals surface area contributed by atoms with E-state index in [-0.39, 0.29) is 5.78 Å². The van der Waals surface area contributed by atoms with Crippen molar-refractivity contribution >= 4 is 28.4 Å². The van der Waals surface area contributed by atoms with Crippen molar-refractivity contribution in [3.63, 3.8) is 0 Å². The van der Waals surface area contributed by atoms with Gasteiger partial charge in [0.25, 0.3) is 0 Å². The van der Waals surface area contributed by atoms with E-state index >= 15 is 0 Å². The number of halogens is 1. The van der Waals surface area contributed by atoms with Gasteiger partial charge in [-0.15, -0.1) is 0 Å². The van der Waals surface area contributed by atoms with E-state index in [9.17, 15) is 4.79 Å². The van der Waals surface area contributed by atoms with E-state index in [2.05, 4.69) is 34.7 Å². The molecule has 2 heteroatoms. The molecule has 1 aliphatic rings. The summed E-state index contributed by atoms with van der Waals surface area (Å²) in [6.07, 6.45) is 2.06. The van der Waals surface area contributed by atoms with Crippen molar-refractivity contribution in [3.05, 3.63) is 70.8 Å². The Bertz CT molecular complexity index is 604. The molecule has 0 fully saturated rings. The summed E-state index contributed by atoms with van der Waals surface area (Å²) in [7, 11) is 0. The second-order valence-corrected chi connectivity index (χ2v) is 6.08. The molecule has 0 N–H and O–H groups in total. The Kier molecular flexibility index (Phi) is 3.20. The highest BCUT2D eigenvalue weighted by Gasteiger charge is 2.22. The van der Waals surface area contributed by atoms with Crippen LogP contribution in [-0.4, -0.2) is 5.78 Å². The van der Waals surface area contributed by atoms with Crippen LogP contribution in [0, 0.1) is 0 Å².